The van der Waals surface area contributed by atoms with Crippen molar-refractivity contribution >= 4 is 38.1 Å². The van der Waals surface area contributed by atoms with Crippen molar-refractivity contribution in [3.8, 4) is 73.2 Å². The normalized spacial score (nSPS) is 11.5. The van der Waals surface area contributed by atoms with Crippen LogP contribution < -0.4 is 0 Å². The molecule has 0 unspecified atom stereocenters. The van der Waals surface area contributed by atoms with Gasteiger partial charge in [0.1, 0.15) is 5.69 Å². The van der Waals surface area contributed by atoms with Crippen LogP contribution in [0.4, 0.5) is 0 Å². The molecule has 0 N–H and O–H groups in total. The van der Waals surface area contributed by atoms with Crippen LogP contribution in [0.1, 0.15) is 0 Å². The standard InChI is InChI=1S/C57H37N5/c1-5-17-39(18-6-1)53-36-43-29-30-44(35-48(43)56-54(40-19-7-2-8-20-40)55(60-62(53)56)41-21-9-3-10-22-41)50-37-49(58-57(59-50)42-23-11-4-12-24-42)38-31-33-45(34-32-38)61-51-27-15-13-25-46(51)47-26-14-16-28-52(47)61/h1-37H. The lowest BCUT2D eigenvalue weighted by Crippen LogP contribution is -1.98. The van der Waals surface area contributed by atoms with Gasteiger partial charge in [-0.1, -0.05) is 182 Å². The van der Waals surface area contributed by atoms with Crippen LogP contribution in [0, 0.1) is 0 Å². The SMILES string of the molecule is c1ccc(-c2nc(-c3ccc(-n4c5ccccc5c5ccccc54)cc3)cc(-c3ccc4cc(-c5ccccc5)n5nc(-c6ccccc6)c(-c6ccccc6)c5c4c3)n2)cc1. The molecule has 4 aromatic heterocycles. The highest BCUT2D eigenvalue weighted by atomic mass is 15.2. The highest BCUT2D eigenvalue weighted by Gasteiger charge is 2.22. The van der Waals surface area contributed by atoms with E-state index in [-0.39, 0.29) is 0 Å². The van der Waals surface area contributed by atoms with E-state index in [9.17, 15) is 0 Å². The molecular weight excluding hydrogens is 755 g/mol. The molecular formula is C57H37N5. The van der Waals surface area contributed by atoms with Crippen molar-refractivity contribution < 1.29 is 0 Å². The average molecular weight is 792 g/mol. The van der Waals surface area contributed by atoms with Crippen LogP contribution in [0.15, 0.2) is 224 Å². The van der Waals surface area contributed by atoms with Gasteiger partial charge in [-0.25, -0.2) is 14.5 Å². The lowest BCUT2D eigenvalue weighted by Gasteiger charge is -2.13. The first-order chi connectivity index (χ1) is 30.7. The fourth-order valence-electron chi connectivity index (χ4n) is 9.03. The van der Waals surface area contributed by atoms with Gasteiger partial charge in [0.05, 0.1) is 33.6 Å². The van der Waals surface area contributed by atoms with Crippen molar-refractivity contribution in [2.75, 3.05) is 0 Å². The second-order valence-corrected chi connectivity index (χ2v) is 15.7. The van der Waals surface area contributed by atoms with Crippen molar-refractivity contribution in [2.24, 2.45) is 0 Å². The number of hydrogen-bond donors (Lipinski definition) is 0. The van der Waals surface area contributed by atoms with E-state index < -0.39 is 0 Å². The van der Waals surface area contributed by atoms with Gasteiger partial charge in [-0.05, 0) is 53.4 Å². The van der Waals surface area contributed by atoms with Crippen LogP contribution >= 0.6 is 0 Å². The first-order valence-corrected chi connectivity index (χ1v) is 20.9. The molecule has 0 amide bonds. The molecule has 62 heavy (non-hydrogen) atoms. The second-order valence-electron chi connectivity index (χ2n) is 15.7. The number of rotatable bonds is 7. The van der Waals surface area contributed by atoms with Gasteiger partial charge in [-0.2, -0.15) is 5.10 Å². The molecule has 0 saturated heterocycles. The maximum atomic E-state index is 5.44. The molecule has 0 aliphatic carbocycles. The van der Waals surface area contributed by atoms with E-state index in [0.717, 1.165) is 83.7 Å². The third-order valence-electron chi connectivity index (χ3n) is 11.9. The average Bonchev–Trinajstić information content (AvgIpc) is 3.92. The van der Waals surface area contributed by atoms with Crippen molar-refractivity contribution in [3.05, 3.63) is 224 Å². The van der Waals surface area contributed by atoms with E-state index in [1.807, 2.05) is 18.2 Å². The number of pyridine rings is 1. The Bertz CT molecular complexity index is 3540. The van der Waals surface area contributed by atoms with Crippen molar-refractivity contribution in [1.82, 2.24) is 24.1 Å². The monoisotopic (exact) mass is 791 g/mol. The van der Waals surface area contributed by atoms with Crippen LogP contribution in [0.5, 0.6) is 0 Å². The summed E-state index contributed by atoms with van der Waals surface area (Å²) in [6.07, 6.45) is 0. The number of nitrogens with zero attached hydrogens (tertiary/aromatic N) is 5. The van der Waals surface area contributed by atoms with Gasteiger partial charge in [0.2, 0.25) is 0 Å². The van der Waals surface area contributed by atoms with Crippen LogP contribution in [0.2, 0.25) is 0 Å². The van der Waals surface area contributed by atoms with Gasteiger partial charge in [0, 0.05) is 55.2 Å². The van der Waals surface area contributed by atoms with Crippen molar-refractivity contribution in [1.29, 1.82) is 0 Å². The van der Waals surface area contributed by atoms with E-state index in [0.29, 0.717) is 5.82 Å². The number of aromatic nitrogens is 5. The Morgan fingerprint density at radius 2 is 0.871 bits per heavy atom. The molecule has 4 heterocycles. The fourth-order valence-corrected chi connectivity index (χ4v) is 9.03. The van der Waals surface area contributed by atoms with E-state index in [1.165, 1.54) is 21.8 Å². The van der Waals surface area contributed by atoms with Crippen molar-refractivity contribution in [2.45, 2.75) is 0 Å². The molecule has 290 valence electrons. The van der Waals surface area contributed by atoms with E-state index in [1.54, 1.807) is 0 Å². The Balaban J connectivity index is 1.06. The summed E-state index contributed by atoms with van der Waals surface area (Å²) in [7, 11) is 0. The minimum atomic E-state index is 0.676. The van der Waals surface area contributed by atoms with Gasteiger partial charge in [0.15, 0.2) is 5.82 Å². The molecule has 5 nitrogen and oxygen atoms in total. The summed E-state index contributed by atoms with van der Waals surface area (Å²) in [5, 5.41) is 10.1. The number of hydrogen-bond acceptors (Lipinski definition) is 3. The van der Waals surface area contributed by atoms with E-state index >= 15 is 0 Å². The third kappa shape index (κ3) is 5.98. The van der Waals surface area contributed by atoms with Crippen LogP contribution in [-0.4, -0.2) is 24.1 Å². The summed E-state index contributed by atoms with van der Waals surface area (Å²) < 4.78 is 4.49. The molecule has 0 aliphatic heterocycles. The lowest BCUT2D eigenvalue weighted by atomic mass is 9.95. The maximum absolute atomic E-state index is 5.44. The Labute approximate surface area is 358 Å². The number of para-hydroxylation sites is 2. The third-order valence-corrected chi connectivity index (χ3v) is 11.9. The molecule has 0 bridgehead atoms. The Morgan fingerprint density at radius 3 is 1.50 bits per heavy atom. The van der Waals surface area contributed by atoms with Crippen LogP contribution in [-0.2, 0) is 0 Å². The Kier molecular flexibility index (Phi) is 8.42. The van der Waals surface area contributed by atoms with Crippen LogP contribution in [0.25, 0.3) is 111 Å². The minimum absolute atomic E-state index is 0.676. The molecule has 12 rings (SSSR count). The molecule has 0 aliphatic rings. The Hall–Kier alpha value is -8.41. The summed E-state index contributed by atoms with van der Waals surface area (Å²) >= 11 is 0. The summed E-state index contributed by atoms with van der Waals surface area (Å²) in [5.41, 5.74) is 15.5. The van der Waals surface area contributed by atoms with Gasteiger partial charge in [0.25, 0.3) is 0 Å². The molecule has 0 spiro atoms. The highest BCUT2D eigenvalue weighted by Crippen LogP contribution is 2.42. The quantitative estimate of drug-likeness (QED) is 0.162. The van der Waals surface area contributed by atoms with Crippen molar-refractivity contribution in [3.63, 3.8) is 0 Å². The molecule has 0 radical (unpaired) electrons. The topological polar surface area (TPSA) is 48.0 Å². The predicted octanol–water partition coefficient (Wildman–Crippen LogP) is 14.4. The Morgan fingerprint density at radius 1 is 0.355 bits per heavy atom. The molecule has 0 saturated carbocycles. The molecule has 5 heteroatoms. The van der Waals surface area contributed by atoms with Gasteiger partial charge in [-0.15, -0.1) is 0 Å². The van der Waals surface area contributed by atoms with E-state index in [2.05, 4.69) is 215 Å². The predicted molar refractivity (Wildman–Crippen MR) is 255 cm³/mol. The maximum Gasteiger partial charge on any atom is 0.160 e. The first kappa shape index (κ1) is 35.5. The zero-order chi connectivity index (χ0) is 41.0. The number of benzene rings is 8. The zero-order valence-corrected chi connectivity index (χ0v) is 33.6. The molecule has 0 atom stereocenters. The van der Waals surface area contributed by atoms with Gasteiger partial charge in [-0.3, -0.25) is 0 Å². The molecule has 12 aromatic rings. The largest absolute Gasteiger partial charge is 0.309 e. The zero-order valence-electron chi connectivity index (χ0n) is 33.6. The summed E-state index contributed by atoms with van der Waals surface area (Å²) in [4.78, 5) is 10.5. The number of fused-ring (bicyclic) bond motifs is 6. The van der Waals surface area contributed by atoms with Gasteiger partial charge >= 0.3 is 0 Å². The summed E-state index contributed by atoms with van der Waals surface area (Å²) in [5.74, 6) is 0.676. The van der Waals surface area contributed by atoms with E-state index in [4.69, 9.17) is 15.1 Å². The molecule has 8 aromatic carbocycles. The fraction of sp³-hybridized carbons (Fsp3) is 0. The van der Waals surface area contributed by atoms with Crippen LogP contribution in [0.3, 0.4) is 0 Å². The minimum Gasteiger partial charge on any atom is -0.309 e. The smallest absolute Gasteiger partial charge is 0.160 e. The lowest BCUT2D eigenvalue weighted by molar-refractivity contribution is 0.979. The summed E-state index contributed by atoms with van der Waals surface area (Å²) in [6, 6.07) is 79.0. The summed E-state index contributed by atoms with van der Waals surface area (Å²) in [6.45, 7) is 0. The highest BCUT2D eigenvalue weighted by molar-refractivity contribution is 6.10. The first-order valence-electron chi connectivity index (χ1n) is 20.9. The molecule has 0 fully saturated rings. The second kappa shape index (κ2) is 14.7. The van der Waals surface area contributed by atoms with Gasteiger partial charge < -0.3 is 4.57 Å².